The predicted octanol–water partition coefficient (Wildman–Crippen LogP) is -1.37. The number of nitrogens with two attached hydrogens (primary N) is 1. The van der Waals surface area contributed by atoms with Crippen LogP contribution in [0.5, 0.6) is 0 Å². The maximum atomic E-state index is 11.4. The van der Waals surface area contributed by atoms with Crippen LogP contribution >= 0.6 is 0 Å². The summed E-state index contributed by atoms with van der Waals surface area (Å²) in [5.41, 5.74) is 5.52. The van der Waals surface area contributed by atoms with Gasteiger partial charge in [0.1, 0.15) is 9.84 Å². The average molecular weight is 284 g/mol. The monoisotopic (exact) mass is 284 g/mol. The largest absolute Gasteiger partial charge is 0.354 e. The second kappa shape index (κ2) is 7.78. The molecule has 8 heteroatoms. The number of amides is 1. The quantitative estimate of drug-likeness (QED) is 0.572. The van der Waals surface area contributed by atoms with E-state index in [4.69, 9.17) is 5.73 Å². The van der Waals surface area contributed by atoms with Crippen molar-refractivity contribution in [2.24, 2.45) is 5.73 Å². The second-order valence-electron chi connectivity index (χ2n) is 3.75. The molecule has 0 aromatic carbocycles. The van der Waals surface area contributed by atoms with Crippen LogP contribution in [0.3, 0.4) is 0 Å². The minimum absolute atomic E-state index is 0.0987. The number of rotatable bonds is 8. The standard InChI is InChI=1S/C9H20N2O4S2/c1-3-16(13)6-5-11-9(12)8(10)4-7-17(2,14)15/h8H,3-7,10H2,1-2H3,(H,11,12). The Morgan fingerprint density at radius 1 is 1.47 bits per heavy atom. The summed E-state index contributed by atoms with van der Waals surface area (Å²) in [5, 5.41) is 2.53. The molecule has 0 aromatic heterocycles. The zero-order valence-corrected chi connectivity index (χ0v) is 11.8. The Kier molecular flexibility index (Phi) is 7.56. The summed E-state index contributed by atoms with van der Waals surface area (Å²) in [5.74, 6) is 0.432. The van der Waals surface area contributed by atoms with Crippen LogP contribution in [0, 0.1) is 0 Å². The Morgan fingerprint density at radius 3 is 2.53 bits per heavy atom. The molecule has 0 spiro atoms. The molecule has 2 atom stereocenters. The van der Waals surface area contributed by atoms with Gasteiger partial charge in [0.15, 0.2) is 0 Å². The van der Waals surface area contributed by atoms with E-state index >= 15 is 0 Å². The molecule has 0 saturated carbocycles. The van der Waals surface area contributed by atoms with Gasteiger partial charge in [-0.25, -0.2) is 8.42 Å². The van der Waals surface area contributed by atoms with Gasteiger partial charge in [-0.2, -0.15) is 0 Å². The highest BCUT2D eigenvalue weighted by molar-refractivity contribution is 7.90. The lowest BCUT2D eigenvalue weighted by Crippen LogP contribution is -2.42. The molecule has 3 N–H and O–H groups in total. The van der Waals surface area contributed by atoms with E-state index < -0.39 is 32.6 Å². The van der Waals surface area contributed by atoms with Gasteiger partial charge in [-0.05, 0) is 6.42 Å². The fourth-order valence-electron chi connectivity index (χ4n) is 1.04. The summed E-state index contributed by atoms with van der Waals surface area (Å²) < 4.78 is 32.8. The van der Waals surface area contributed by atoms with Crippen LogP contribution in [0.4, 0.5) is 0 Å². The first kappa shape index (κ1) is 16.5. The van der Waals surface area contributed by atoms with E-state index in [0.29, 0.717) is 18.1 Å². The fourth-order valence-corrected chi connectivity index (χ4v) is 2.34. The first-order valence-electron chi connectivity index (χ1n) is 5.32. The molecule has 0 heterocycles. The van der Waals surface area contributed by atoms with Crippen LogP contribution in [0.15, 0.2) is 0 Å². The van der Waals surface area contributed by atoms with E-state index in [-0.39, 0.29) is 12.2 Å². The maximum absolute atomic E-state index is 11.4. The number of sulfone groups is 1. The van der Waals surface area contributed by atoms with Gasteiger partial charge >= 0.3 is 0 Å². The third kappa shape index (κ3) is 9.25. The summed E-state index contributed by atoms with van der Waals surface area (Å²) >= 11 is 0. The Hall–Kier alpha value is -0.470. The van der Waals surface area contributed by atoms with E-state index in [1.165, 1.54) is 0 Å². The number of hydrogen-bond acceptors (Lipinski definition) is 5. The Bertz CT molecular complexity index is 367. The van der Waals surface area contributed by atoms with Gasteiger partial charge in [-0.15, -0.1) is 0 Å². The van der Waals surface area contributed by atoms with Gasteiger partial charge in [0, 0.05) is 35.1 Å². The van der Waals surface area contributed by atoms with Gasteiger partial charge in [0.25, 0.3) is 0 Å². The van der Waals surface area contributed by atoms with Crippen molar-refractivity contribution in [2.45, 2.75) is 19.4 Å². The topological polar surface area (TPSA) is 106 Å². The first-order valence-corrected chi connectivity index (χ1v) is 8.87. The maximum Gasteiger partial charge on any atom is 0.236 e. The highest BCUT2D eigenvalue weighted by Gasteiger charge is 2.15. The van der Waals surface area contributed by atoms with Crippen molar-refractivity contribution in [3.05, 3.63) is 0 Å². The third-order valence-electron chi connectivity index (χ3n) is 2.09. The zero-order chi connectivity index (χ0) is 13.5. The molecule has 0 rings (SSSR count). The SMILES string of the molecule is CCS(=O)CCNC(=O)C(N)CCS(C)(=O)=O. The summed E-state index contributed by atoms with van der Waals surface area (Å²) in [7, 11) is -4.03. The molecule has 0 aliphatic heterocycles. The van der Waals surface area contributed by atoms with Crippen LogP contribution in [-0.2, 0) is 25.4 Å². The smallest absolute Gasteiger partial charge is 0.236 e. The second-order valence-corrected chi connectivity index (χ2v) is 7.87. The van der Waals surface area contributed by atoms with Crippen molar-refractivity contribution in [1.29, 1.82) is 0 Å². The van der Waals surface area contributed by atoms with Crippen molar-refractivity contribution in [3.8, 4) is 0 Å². The van der Waals surface area contributed by atoms with Gasteiger partial charge in [0.05, 0.1) is 11.8 Å². The van der Waals surface area contributed by atoms with E-state index in [2.05, 4.69) is 5.32 Å². The Balaban J connectivity index is 3.86. The molecular formula is C9H20N2O4S2. The van der Waals surface area contributed by atoms with E-state index in [1.807, 2.05) is 0 Å². The van der Waals surface area contributed by atoms with E-state index in [1.54, 1.807) is 6.92 Å². The van der Waals surface area contributed by atoms with Gasteiger partial charge < -0.3 is 11.1 Å². The first-order chi connectivity index (χ1) is 7.76. The molecule has 102 valence electrons. The lowest BCUT2D eigenvalue weighted by molar-refractivity contribution is -0.122. The third-order valence-corrected chi connectivity index (χ3v) is 4.37. The van der Waals surface area contributed by atoms with Gasteiger partial charge in [-0.3, -0.25) is 9.00 Å². The zero-order valence-electron chi connectivity index (χ0n) is 10.1. The molecule has 17 heavy (non-hydrogen) atoms. The summed E-state index contributed by atoms with van der Waals surface area (Å²) in [6.07, 6.45) is 1.20. The molecule has 0 aromatic rings. The Morgan fingerprint density at radius 2 is 2.06 bits per heavy atom. The molecular weight excluding hydrogens is 264 g/mol. The highest BCUT2D eigenvalue weighted by atomic mass is 32.2. The molecule has 0 fully saturated rings. The highest BCUT2D eigenvalue weighted by Crippen LogP contribution is 1.94. The van der Waals surface area contributed by atoms with Crippen LogP contribution in [0.1, 0.15) is 13.3 Å². The molecule has 0 aliphatic rings. The minimum atomic E-state index is -3.10. The van der Waals surface area contributed by atoms with Crippen molar-refractivity contribution in [1.82, 2.24) is 5.32 Å². The molecule has 0 radical (unpaired) electrons. The number of carbonyl (C=O) groups excluding carboxylic acids is 1. The van der Waals surface area contributed by atoms with Crippen LogP contribution < -0.4 is 11.1 Å². The lowest BCUT2D eigenvalue weighted by Gasteiger charge is -2.11. The summed E-state index contributed by atoms with van der Waals surface area (Å²) in [6, 6.07) is -0.834. The molecule has 6 nitrogen and oxygen atoms in total. The predicted molar refractivity (Wildman–Crippen MR) is 68.9 cm³/mol. The van der Waals surface area contributed by atoms with E-state index in [0.717, 1.165) is 6.26 Å². The van der Waals surface area contributed by atoms with Crippen molar-refractivity contribution < 1.29 is 17.4 Å². The number of nitrogens with one attached hydrogen (secondary N) is 1. The normalized spacial score (nSPS) is 15.2. The van der Waals surface area contributed by atoms with Crippen LogP contribution in [-0.4, -0.2) is 54.6 Å². The minimum Gasteiger partial charge on any atom is -0.354 e. The molecule has 2 unspecified atom stereocenters. The lowest BCUT2D eigenvalue weighted by atomic mass is 10.2. The molecule has 0 saturated heterocycles. The molecule has 0 aliphatic carbocycles. The number of hydrogen-bond donors (Lipinski definition) is 2. The molecule has 1 amide bonds. The van der Waals surface area contributed by atoms with Crippen LogP contribution in [0.2, 0.25) is 0 Å². The summed E-state index contributed by atoms with van der Waals surface area (Å²) in [6.45, 7) is 2.10. The van der Waals surface area contributed by atoms with Crippen molar-refractivity contribution >= 4 is 26.5 Å². The average Bonchev–Trinajstić information content (AvgIpc) is 2.24. The Labute approximate surface area is 105 Å². The summed E-state index contributed by atoms with van der Waals surface area (Å²) in [4.78, 5) is 11.4. The van der Waals surface area contributed by atoms with E-state index in [9.17, 15) is 17.4 Å². The van der Waals surface area contributed by atoms with Gasteiger partial charge in [0.2, 0.25) is 5.91 Å². The van der Waals surface area contributed by atoms with Gasteiger partial charge in [-0.1, -0.05) is 6.92 Å². The van der Waals surface area contributed by atoms with Crippen molar-refractivity contribution in [2.75, 3.05) is 30.1 Å². The van der Waals surface area contributed by atoms with Crippen molar-refractivity contribution in [3.63, 3.8) is 0 Å². The molecule has 0 bridgehead atoms. The number of carbonyl (C=O) groups is 1. The van der Waals surface area contributed by atoms with Crippen LogP contribution in [0.25, 0.3) is 0 Å². The fraction of sp³-hybridized carbons (Fsp3) is 0.889.